The number of carbonyl (C=O) groups is 1. The summed E-state index contributed by atoms with van der Waals surface area (Å²) in [5.74, 6) is 0.696. The number of nitrogens with two attached hydrogens (primary N) is 1. The van der Waals surface area contributed by atoms with E-state index in [2.05, 4.69) is 27.4 Å². The first kappa shape index (κ1) is 17.5. The fourth-order valence-corrected chi connectivity index (χ4v) is 3.63. The molecule has 140 valence electrons. The molecule has 4 rings (SSSR count). The molecule has 1 aromatic carbocycles. The van der Waals surface area contributed by atoms with Crippen LogP contribution in [0.3, 0.4) is 0 Å². The summed E-state index contributed by atoms with van der Waals surface area (Å²) in [7, 11) is 0. The van der Waals surface area contributed by atoms with Crippen molar-refractivity contribution >= 4 is 17.4 Å². The van der Waals surface area contributed by atoms with Crippen molar-refractivity contribution < 1.29 is 4.79 Å². The Bertz CT molecular complexity index is 923. The number of fused-ring (bicyclic) bond motifs is 1. The number of benzene rings is 1. The fourth-order valence-electron chi connectivity index (χ4n) is 3.63. The van der Waals surface area contributed by atoms with Gasteiger partial charge in [0, 0.05) is 37.3 Å². The Labute approximate surface area is 158 Å². The predicted octanol–water partition coefficient (Wildman–Crippen LogP) is 2.01. The van der Waals surface area contributed by atoms with Crippen molar-refractivity contribution in [3.8, 4) is 11.3 Å². The largest absolute Gasteiger partial charge is 0.369 e. The summed E-state index contributed by atoms with van der Waals surface area (Å²) in [5, 5.41) is 7.85. The molecule has 1 atom stereocenters. The first-order valence-corrected chi connectivity index (χ1v) is 9.36. The molecule has 3 aromatic rings. The van der Waals surface area contributed by atoms with E-state index in [4.69, 9.17) is 10.7 Å². The SMILES string of the molecule is NC(=O)C1CCCN(CCNc2cc(-c3ccccc3)nc3ccnn23)C1. The summed E-state index contributed by atoms with van der Waals surface area (Å²) in [5.41, 5.74) is 8.27. The smallest absolute Gasteiger partial charge is 0.221 e. The molecule has 1 amide bonds. The van der Waals surface area contributed by atoms with Crippen LogP contribution in [0.4, 0.5) is 5.82 Å². The Hall–Kier alpha value is -2.93. The molecule has 3 N–H and O–H groups in total. The summed E-state index contributed by atoms with van der Waals surface area (Å²) in [6.07, 6.45) is 3.67. The molecule has 0 aliphatic carbocycles. The third-order valence-electron chi connectivity index (χ3n) is 5.07. The number of anilines is 1. The number of aromatic nitrogens is 3. The summed E-state index contributed by atoms with van der Waals surface area (Å²) >= 11 is 0. The molecule has 3 heterocycles. The van der Waals surface area contributed by atoms with Crippen LogP contribution < -0.4 is 11.1 Å². The molecule has 0 bridgehead atoms. The maximum Gasteiger partial charge on any atom is 0.221 e. The van der Waals surface area contributed by atoms with E-state index in [1.807, 2.05) is 34.8 Å². The first-order chi connectivity index (χ1) is 13.2. The average Bonchev–Trinajstić information content (AvgIpc) is 3.18. The van der Waals surface area contributed by atoms with Crippen molar-refractivity contribution in [3.05, 3.63) is 48.7 Å². The second-order valence-corrected chi connectivity index (χ2v) is 6.96. The van der Waals surface area contributed by atoms with Crippen molar-refractivity contribution in [2.75, 3.05) is 31.5 Å². The van der Waals surface area contributed by atoms with Crippen molar-refractivity contribution in [2.45, 2.75) is 12.8 Å². The van der Waals surface area contributed by atoms with Crippen molar-refractivity contribution in [3.63, 3.8) is 0 Å². The van der Waals surface area contributed by atoms with Crippen molar-refractivity contribution in [1.82, 2.24) is 19.5 Å². The van der Waals surface area contributed by atoms with Gasteiger partial charge >= 0.3 is 0 Å². The highest BCUT2D eigenvalue weighted by Gasteiger charge is 2.23. The van der Waals surface area contributed by atoms with E-state index in [0.717, 1.165) is 61.7 Å². The van der Waals surface area contributed by atoms with Crippen molar-refractivity contribution in [1.29, 1.82) is 0 Å². The fraction of sp³-hybridized carbons (Fsp3) is 0.350. The number of nitrogens with zero attached hydrogens (tertiary/aromatic N) is 4. The van der Waals surface area contributed by atoms with Gasteiger partial charge < -0.3 is 16.0 Å². The van der Waals surface area contributed by atoms with E-state index >= 15 is 0 Å². The molecular formula is C20H24N6O. The van der Waals surface area contributed by atoms with Gasteiger partial charge in [-0.05, 0) is 19.4 Å². The lowest BCUT2D eigenvalue weighted by Crippen LogP contribution is -2.42. The molecule has 0 radical (unpaired) electrons. The van der Waals surface area contributed by atoms with Crippen LogP contribution in [0.15, 0.2) is 48.7 Å². The van der Waals surface area contributed by atoms with Gasteiger partial charge in [0.2, 0.25) is 5.91 Å². The standard InChI is InChI=1S/C20H24N6O/c21-20(27)16-7-4-11-25(14-16)12-10-22-19-13-17(15-5-2-1-3-6-15)24-18-8-9-23-26(18)19/h1-3,5-6,8-9,13,16,22H,4,7,10-12,14H2,(H2,21,27). The number of amides is 1. The van der Waals surface area contributed by atoms with E-state index in [1.165, 1.54) is 0 Å². The number of nitrogens with one attached hydrogen (secondary N) is 1. The van der Waals surface area contributed by atoms with Gasteiger partial charge in [-0.1, -0.05) is 30.3 Å². The Kier molecular flexibility index (Phi) is 5.02. The van der Waals surface area contributed by atoms with Gasteiger partial charge in [0.1, 0.15) is 5.82 Å². The monoisotopic (exact) mass is 364 g/mol. The molecule has 7 heteroatoms. The molecule has 1 saturated heterocycles. The second-order valence-electron chi connectivity index (χ2n) is 6.96. The molecule has 2 aromatic heterocycles. The summed E-state index contributed by atoms with van der Waals surface area (Å²) in [6.45, 7) is 3.38. The highest BCUT2D eigenvalue weighted by atomic mass is 16.1. The number of carbonyl (C=O) groups excluding carboxylic acids is 1. The van der Waals surface area contributed by atoms with Crippen LogP contribution in [0, 0.1) is 5.92 Å². The third-order valence-corrected chi connectivity index (χ3v) is 5.07. The summed E-state index contributed by atoms with van der Waals surface area (Å²) < 4.78 is 1.81. The lowest BCUT2D eigenvalue weighted by Gasteiger charge is -2.31. The highest BCUT2D eigenvalue weighted by molar-refractivity contribution is 5.77. The lowest BCUT2D eigenvalue weighted by atomic mass is 9.97. The van der Waals surface area contributed by atoms with E-state index in [-0.39, 0.29) is 11.8 Å². The molecule has 1 aliphatic rings. The van der Waals surface area contributed by atoms with Crippen LogP contribution in [-0.2, 0) is 4.79 Å². The molecule has 27 heavy (non-hydrogen) atoms. The van der Waals surface area contributed by atoms with Gasteiger partial charge in [-0.2, -0.15) is 9.61 Å². The van der Waals surface area contributed by atoms with Crippen LogP contribution in [0.1, 0.15) is 12.8 Å². The molecular weight excluding hydrogens is 340 g/mol. The Morgan fingerprint density at radius 2 is 2.11 bits per heavy atom. The molecule has 1 aliphatic heterocycles. The minimum atomic E-state index is -0.187. The van der Waals surface area contributed by atoms with E-state index in [0.29, 0.717) is 0 Å². The van der Waals surface area contributed by atoms with E-state index in [9.17, 15) is 4.79 Å². The Morgan fingerprint density at radius 3 is 2.93 bits per heavy atom. The van der Waals surface area contributed by atoms with Crippen LogP contribution in [0.5, 0.6) is 0 Å². The number of hydrogen-bond donors (Lipinski definition) is 2. The van der Waals surface area contributed by atoms with Gasteiger partial charge in [0.05, 0.1) is 17.8 Å². The van der Waals surface area contributed by atoms with Gasteiger partial charge in [0.25, 0.3) is 0 Å². The van der Waals surface area contributed by atoms with E-state index < -0.39 is 0 Å². The predicted molar refractivity (Wildman–Crippen MR) is 105 cm³/mol. The maximum atomic E-state index is 11.4. The highest BCUT2D eigenvalue weighted by Crippen LogP contribution is 2.22. The number of likely N-dealkylation sites (tertiary alicyclic amines) is 1. The molecule has 7 nitrogen and oxygen atoms in total. The normalized spacial score (nSPS) is 17.9. The van der Waals surface area contributed by atoms with Crippen LogP contribution in [-0.4, -0.2) is 51.6 Å². The van der Waals surface area contributed by atoms with Gasteiger partial charge in [-0.25, -0.2) is 4.98 Å². The Morgan fingerprint density at radius 1 is 1.26 bits per heavy atom. The van der Waals surface area contributed by atoms with Gasteiger partial charge in [-0.3, -0.25) is 4.79 Å². The average molecular weight is 364 g/mol. The summed E-state index contributed by atoms with van der Waals surface area (Å²) in [6, 6.07) is 14.1. The summed E-state index contributed by atoms with van der Waals surface area (Å²) in [4.78, 5) is 18.4. The van der Waals surface area contributed by atoms with E-state index in [1.54, 1.807) is 6.20 Å². The molecule has 0 saturated carbocycles. The number of rotatable bonds is 6. The zero-order valence-electron chi connectivity index (χ0n) is 15.2. The van der Waals surface area contributed by atoms with Crippen LogP contribution in [0.2, 0.25) is 0 Å². The first-order valence-electron chi connectivity index (χ1n) is 9.36. The zero-order chi connectivity index (χ0) is 18.6. The molecule has 1 unspecified atom stereocenters. The van der Waals surface area contributed by atoms with Crippen molar-refractivity contribution in [2.24, 2.45) is 11.7 Å². The van der Waals surface area contributed by atoms with Gasteiger partial charge in [-0.15, -0.1) is 0 Å². The van der Waals surface area contributed by atoms with Crippen LogP contribution >= 0.6 is 0 Å². The maximum absolute atomic E-state index is 11.4. The third kappa shape index (κ3) is 3.93. The second kappa shape index (κ2) is 7.75. The minimum Gasteiger partial charge on any atom is -0.369 e. The minimum absolute atomic E-state index is 0.0258. The lowest BCUT2D eigenvalue weighted by molar-refractivity contribution is -0.123. The number of hydrogen-bond acceptors (Lipinski definition) is 5. The Balaban J connectivity index is 1.47. The number of primary amides is 1. The molecule has 0 spiro atoms. The quantitative estimate of drug-likeness (QED) is 0.698. The molecule has 1 fully saturated rings. The zero-order valence-corrected chi connectivity index (χ0v) is 15.2. The number of piperidine rings is 1. The van der Waals surface area contributed by atoms with Crippen LogP contribution in [0.25, 0.3) is 16.9 Å². The topological polar surface area (TPSA) is 88.5 Å². The van der Waals surface area contributed by atoms with Gasteiger partial charge in [0.15, 0.2) is 5.65 Å².